The predicted molar refractivity (Wildman–Crippen MR) is 119 cm³/mol. The van der Waals surface area contributed by atoms with Gasteiger partial charge in [0.1, 0.15) is 5.60 Å². The van der Waals surface area contributed by atoms with Gasteiger partial charge in [0.2, 0.25) is 0 Å². The van der Waals surface area contributed by atoms with E-state index in [1.807, 2.05) is 20.8 Å². The average molecular weight is 418 g/mol. The number of hydrogen-bond acceptors (Lipinski definition) is 4. The zero-order valence-electron chi connectivity index (χ0n) is 19.4. The number of carbonyl (C=O) groups is 1. The van der Waals surface area contributed by atoms with Crippen LogP contribution in [0, 0.1) is 0 Å². The van der Waals surface area contributed by atoms with E-state index in [-0.39, 0.29) is 17.7 Å². The van der Waals surface area contributed by atoms with Crippen molar-refractivity contribution in [3.63, 3.8) is 0 Å². The Morgan fingerprint density at radius 3 is 1.96 bits per heavy atom. The lowest BCUT2D eigenvalue weighted by Crippen LogP contribution is -2.53. The molecule has 0 bridgehead atoms. The van der Waals surface area contributed by atoms with Crippen molar-refractivity contribution in [3.05, 3.63) is 11.8 Å². The van der Waals surface area contributed by atoms with Gasteiger partial charge in [0.25, 0.3) is 0 Å². The molecule has 2 atom stereocenters. The van der Waals surface area contributed by atoms with Gasteiger partial charge in [-0.25, -0.2) is 4.79 Å². The maximum atomic E-state index is 12.3. The smallest absolute Gasteiger partial charge is 0.407 e. The van der Waals surface area contributed by atoms with Crippen LogP contribution in [-0.2, 0) is 9.16 Å². The van der Waals surface area contributed by atoms with Crippen molar-refractivity contribution < 1.29 is 19.1 Å². The molecule has 7 heteroatoms. The quantitative estimate of drug-likeness (QED) is 0.540. The number of nitrogens with one attached hydrogen (secondary N) is 1. The fourth-order valence-electron chi connectivity index (χ4n) is 2.13. The second kappa shape index (κ2) is 9.72. The molecule has 0 saturated heterocycles. The molecule has 0 spiro atoms. The molecule has 0 heterocycles. The molecule has 2 N–H and O–H groups in total. The lowest BCUT2D eigenvalue weighted by atomic mass is 10.1. The SMILES string of the molecule is CC(C)(C)OC(=O)N[C@@H](CC=C[Si](C)(C)C)[C@@H](CO)O[Si](C)(C)C(C)(C)C. The Labute approximate surface area is 169 Å². The van der Waals surface area contributed by atoms with Crippen molar-refractivity contribution in [2.24, 2.45) is 0 Å². The van der Waals surface area contributed by atoms with Crippen LogP contribution in [0.1, 0.15) is 48.0 Å². The van der Waals surface area contributed by atoms with Crippen LogP contribution in [0.15, 0.2) is 11.8 Å². The van der Waals surface area contributed by atoms with Crippen LogP contribution in [0.3, 0.4) is 0 Å². The van der Waals surface area contributed by atoms with Gasteiger partial charge in [-0.05, 0) is 45.3 Å². The van der Waals surface area contributed by atoms with E-state index in [0.29, 0.717) is 6.42 Å². The second-order valence-electron chi connectivity index (χ2n) is 10.9. The van der Waals surface area contributed by atoms with E-state index in [1.165, 1.54) is 0 Å². The van der Waals surface area contributed by atoms with Crippen molar-refractivity contribution in [1.82, 2.24) is 5.32 Å². The molecule has 0 radical (unpaired) electrons. The number of alkyl carbamates (subject to hydrolysis) is 1. The van der Waals surface area contributed by atoms with Gasteiger partial charge >= 0.3 is 6.09 Å². The van der Waals surface area contributed by atoms with Crippen LogP contribution in [-0.4, -0.2) is 51.9 Å². The van der Waals surface area contributed by atoms with Crippen LogP contribution in [0.25, 0.3) is 0 Å². The first-order valence-corrected chi connectivity index (χ1v) is 16.3. The monoisotopic (exact) mass is 417 g/mol. The van der Waals surface area contributed by atoms with Gasteiger partial charge in [0.15, 0.2) is 8.32 Å². The molecule has 1 amide bonds. The molecule has 0 fully saturated rings. The summed E-state index contributed by atoms with van der Waals surface area (Å²) in [5.41, 5.74) is 1.68. The van der Waals surface area contributed by atoms with Gasteiger partial charge in [-0.2, -0.15) is 0 Å². The van der Waals surface area contributed by atoms with Crippen LogP contribution >= 0.6 is 0 Å². The topological polar surface area (TPSA) is 67.8 Å². The summed E-state index contributed by atoms with van der Waals surface area (Å²) >= 11 is 0. The van der Waals surface area contributed by atoms with Gasteiger partial charge in [-0.1, -0.05) is 52.2 Å². The molecule has 0 aliphatic rings. The lowest BCUT2D eigenvalue weighted by Gasteiger charge is -2.41. The van der Waals surface area contributed by atoms with Crippen molar-refractivity contribution >= 4 is 22.5 Å². The number of rotatable bonds is 8. The number of aliphatic hydroxyl groups is 1. The Bertz CT molecular complexity index is 500. The lowest BCUT2D eigenvalue weighted by molar-refractivity contribution is 0.0354. The molecular weight excluding hydrogens is 374 g/mol. The summed E-state index contributed by atoms with van der Waals surface area (Å²) in [5.74, 6) is 0. The highest BCUT2D eigenvalue weighted by atomic mass is 28.4. The summed E-state index contributed by atoms with van der Waals surface area (Å²) in [6.45, 7) is 22.9. The zero-order chi connectivity index (χ0) is 21.7. The molecular formula is C20H43NO4Si2. The van der Waals surface area contributed by atoms with Crippen LogP contribution in [0.5, 0.6) is 0 Å². The highest BCUT2D eigenvalue weighted by Gasteiger charge is 2.41. The van der Waals surface area contributed by atoms with Crippen LogP contribution in [0.2, 0.25) is 37.8 Å². The summed E-state index contributed by atoms with van der Waals surface area (Å²) in [4.78, 5) is 12.3. The first kappa shape index (κ1) is 26.4. The third-order valence-corrected chi connectivity index (χ3v) is 10.3. The van der Waals surface area contributed by atoms with Gasteiger partial charge < -0.3 is 19.6 Å². The minimum Gasteiger partial charge on any atom is -0.444 e. The Kier molecular flexibility index (Phi) is 9.49. The summed E-state index contributed by atoms with van der Waals surface area (Å²) in [5, 5.41) is 13.0. The number of amides is 1. The minimum absolute atomic E-state index is 0.0189. The van der Waals surface area contributed by atoms with E-state index >= 15 is 0 Å². The maximum Gasteiger partial charge on any atom is 0.407 e. The number of hydrogen-bond donors (Lipinski definition) is 2. The molecule has 160 valence electrons. The van der Waals surface area contributed by atoms with E-state index < -0.39 is 34.2 Å². The Morgan fingerprint density at radius 2 is 1.59 bits per heavy atom. The summed E-state index contributed by atoms with van der Waals surface area (Å²) in [6.07, 6.45) is 1.76. The number of carbonyl (C=O) groups excluding carboxylic acids is 1. The second-order valence-corrected chi connectivity index (χ2v) is 20.7. The first-order valence-electron chi connectivity index (χ1n) is 9.84. The minimum atomic E-state index is -2.09. The molecule has 0 aromatic rings. The maximum absolute atomic E-state index is 12.3. The highest BCUT2D eigenvalue weighted by Crippen LogP contribution is 2.37. The number of ether oxygens (including phenoxy) is 1. The molecule has 0 aliphatic heterocycles. The molecule has 0 aromatic heterocycles. The first-order chi connectivity index (χ1) is 11.9. The summed E-state index contributed by atoms with van der Waals surface area (Å²) < 4.78 is 11.8. The van der Waals surface area contributed by atoms with Gasteiger partial charge in [0, 0.05) is 0 Å². The average Bonchev–Trinajstić information content (AvgIpc) is 2.39. The third kappa shape index (κ3) is 11.1. The van der Waals surface area contributed by atoms with E-state index in [1.54, 1.807) is 0 Å². The third-order valence-electron chi connectivity index (χ3n) is 4.59. The fourth-order valence-corrected chi connectivity index (χ4v) is 4.33. The molecule has 27 heavy (non-hydrogen) atoms. The fraction of sp³-hybridized carbons (Fsp3) is 0.850. The molecule has 0 aliphatic carbocycles. The molecule has 0 rings (SSSR count). The van der Waals surface area contributed by atoms with Crippen molar-refractivity contribution in [1.29, 1.82) is 0 Å². The van der Waals surface area contributed by atoms with Gasteiger partial charge in [-0.15, -0.1) is 0 Å². The van der Waals surface area contributed by atoms with Crippen molar-refractivity contribution in [2.45, 2.75) is 103 Å². The normalized spacial score (nSPS) is 16.3. The number of aliphatic hydroxyl groups excluding tert-OH is 1. The Hall–Kier alpha value is -0.636. The molecule has 5 nitrogen and oxygen atoms in total. The van der Waals surface area contributed by atoms with E-state index in [4.69, 9.17) is 9.16 Å². The van der Waals surface area contributed by atoms with E-state index in [9.17, 15) is 9.90 Å². The standard InChI is InChI=1S/C20H43NO4Si2/c1-19(2,3)24-18(23)21-16(13-12-14-26(7,8)9)17(15-22)25-27(10,11)20(4,5)6/h12,14,16-17,22H,13,15H2,1-11H3,(H,21,23)/t16-,17+/m0/s1. The van der Waals surface area contributed by atoms with Crippen LogP contribution in [0.4, 0.5) is 4.79 Å². The van der Waals surface area contributed by atoms with E-state index in [0.717, 1.165) is 0 Å². The molecule has 0 saturated carbocycles. The summed E-state index contributed by atoms with van der Waals surface area (Å²) in [6, 6.07) is -0.341. The summed E-state index contributed by atoms with van der Waals surface area (Å²) in [7, 11) is -3.44. The predicted octanol–water partition coefficient (Wildman–Crippen LogP) is 5.09. The largest absolute Gasteiger partial charge is 0.444 e. The van der Waals surface area contributed by atoms with E-state index in [2.05, 4.69) is 70.6 Å². The molecule has 0 unspecified atom stereocenters. The Balaban J connectivity index is 5.44. The van der Waals surface area contributed by atoms with Crippen molar-refractivity contribution in [2.75, 3.05) is 6.61 Å². The van der Waals surface area contributed by atoms with Crippen molar-refractivity contribution in [3.8, 4) is 0 Å². The molecule has 0 aromatic carbocycles. The zero-order valence-corrected chi connectivity index (χ0v) is 21.4. The Morgan fingerprint density at radius 1 is 1.07 bits per heavy atom. The van der Waals surface area contributed by atoms with Gasteiger partial charge in [-0.3, -0.25) is 0 Å². The van der Waals surface area contributed by atoms with Crippen LogP contribution < -0.4 is 5.32 Å². The highest BCUT2D eigenvalue weighted by molar-refractivity contribution is 6.80. The van der Waals surface area contributed by atoms with Gasteiger partial charge in [0.05, 0.1) is 26.8 Å².